The third-order valence-electron chi connectivity index (χ3n) is 13.0. The summed E-state index contributed by atoms with van der Waals surface area (Å²) in [5.41, 5.74) is -1.15. The van der Waals surface area contributed by atoms with E-state index >= 15 is 0 Å². The molecule has 5 aliphatic heterocycles. The van der Waals surface area contributed by atoms with Gasteiger partial charge in [-0.15, -0.1) is 0 Å². The first-order chi connectivity index (χ1) is 22.0. The normalized spacial score (nSPS) is 50.9. The van der Waals surface area contributed by atoms with Gasteiger partial charge in [-0.1, -0.05) is 41.5 Å². The zero-order chi connectivity index (χ0) is 34.7. The molecule has 0 aromatic rings. The average Bonchev–Trinajstić information content (AvgIpc) is 3.73. The standard InChI is InChI=1S/C36H62O11/c1-10-34(31-20(3)16-26(43-31)28-19(2)15-21(4)36(41,18-37)46-28)12-11-27(44-34)33(8)13-14-35(47-33)17-25(38)22(5)30(45-35)23(6)29(42-9)24(7)32(39)40/h19-31,37-38,41H,10-18H2,1-9H3,(H,39,40)/t19-,20-,21+,22+,23-,24+,25-,26+,27+,28-,29-,30-,31+,33+,34-,35-,36-/m0/s1. The molecule has 5 rings (SSSR count). The van der Waals surface area contributed by atoms with E-state index in [0.717, 1.165) is 32.1 Å². The number of carbonyl (C=O) groups is 1. The predicted octanol–water partition coefficient (Wildman–Crippen LogP) is 4.27. The SMILES string of the molecule is CC[C@@]1([C@@H]2O[C@@H]([C@H]3O[C@@](O)(CO)[C@H](C)C[C@@H]3C)C[C@@H]2C)CC[C@H]([C@@]2(C)CC[C@@]3(C[C@H](O)[C@@H](C)[C@@H]([C@@H](C)[C@H](OC)[C@@H](C)C(=O)O)O3)O2)O1. The number of methoxy groups -OCH3 is 1. The molecule has 0 saturated carbocycles. The Bertz CT molecular complexity index is 1110. The second-order valence-electron chi connectivity index (χ2n) is 16.3. The zero-order valence-corrected chi connectivity index (χ0v) is 30.0. The fourth-order valence-corrected chi connectivity index (χ4v) is 9.91. The van der Waals surface area contributed by atoms with E-state index in [-0.39, 0.29) is 54.0 Å². The van der Waals surface area contributed by atoms with Gasteiger partial charge in [0.15, 0.2) is 11.6 Å². The summed E-state index contributed by atoms with van der Waals surface area (Å²) in [6, 6.07) is 0. The molecule has 5 heterocycles. The van der Waals surface area contributed by atoms with Crippen molar-refractivity contribution in [2.24, 2.45) is 35.5 Å². The van der Waals surface area contributed by atoms with Gasteiger partial charge in [0.2, 0.25) is 0 Å². The third-order valence-corrected chi connectivity index (χ3v) is 13.0. The van der Waals surface area contributed by atoms with Gasteiger partial charge in [-0.3, -0.25) is 4.79 Å². The van der Waals surface area contributed by atoms with Crippen LogP contribution >= 0.6 is 0 Å². The lowest BCUT2D eigenvalue weighted by molar-refractivity contribution is -0.336. The second kappa shape index (κ2) is 13.7. The quantitative estimate of drug-likeness (QED) is 0.264. The van der Waals surface area contributed by atoms with Crippen LogP contribution < -0.4 is 0 Å². The minimum absolute atomic E-state index is 0.153. The maximum absolute atomic E-state index is 11.8. The largest absolute Gasteiger partial charge is 0.481 e. The monoisotopic (exact) mass is 670 g/mol. The summed E-state index contributed by atoms with van der Waals surface area (Å²) in [6.07, 6.45) is 2.99. The number of hydrogen-bond donors (Lipinski definition) is 4. The molecule has 11 heteroatoms. The number of aliphatic hydroxyl groups is 3. The third kappa shape index (κ3) is 6.67. The molecule has 4 N–H and O–H groups in total. The minimum atomic E-state index is -1.56. The van der Waals surface area contributed by atoms with Crippen LogP contribution in [0.3, 0.4) is 0 Å². The van der Waals surface area contributed by atoms with E-state index in [2.05, 4.69) is 27.7 Å². The Morgan fingerprint density at radius 1 is 1.02 bits per heavy atom. The first-order valence-electron chi connectivity index (χ1n) is 18.1. The van der Waals surface area contributed by atoms with Crippen LogP contribution in [0.5, 0.6) is 0 Å². The highest BCUT2D eigenvalue weighted by atomic mass is 16.7. The number of carboxylic acids is 1. The molecule has 1 spiro atoms. The highest BCUT2D eigenvalue weighted by Crippen LogP contribution is 2.55. The van der Waals surface area contributed by atoms with Crippen molar-refractivity contribution >= 4 is 5.97 Å². The van der Waals surface area contributed by atoms with Crippen LogP contribution in [0.25, 0.3) is 0 Å². The molecule has 0 aromatic heterocycles. The van der Waals surface area contributed by atoms with E-state index in [0.29, 0.717) is 19.3 Å². The molecule has 5 fully saturated rings. The summed E-state index contributed by atoms with van der Waals surface area (Å²) < 4.78 is 39.4. The summed E-state index contributed by atoms with van der Waals surface area (Å²) in [6.45, 7) is 15.6. The van der Waals surface area contributed by atoms with E-state index in [1.165, 1.54) is 7.11 Å². The molecule has 0 aromatic carbocycles. The summed E-state index contributed by atoms with van der Waals surface area (Å²) in [5, 5.41) is 41.8. The molecular weight excluding hydrogens is 608 g/mol. The molecule has 0 radical (unpaired) electrons. The second-order valence-corrected chi connectivity index (χ2v) is 16.3. The Kier molecular flexibility index (Phi) is 10.9. The van der Waals surface area contributed by atoms with Crippen molar-refractivity contribution in [3.8, 4) is 0 Å². The molecule has 5 saturated heterocycles. The van der Waals surface area contributed by atoms with Crippen LogP contribution in [0.1, 0.15) is 107 Å². The minimum Gasteiger partial charge on any atom is -0.481 e. The molecule has 5 aliphatic rings. The number of aliphatic carboxylic acids is 1. The molecule has 0 amide bonds. The molecule has 0 bridgehead atoms. The number of ether oxygens (including phenoxy) is 6. The van der Waals surface area contributed by atoms with Crippen LogP contribution in [0.15, 0.2) is 0 Å². The fourth-order valence-electron chi connectivity index (χ4n) is 9.91. The maximum Gasteiger partial charge on any atom is 0.308 e. The Hall–Kier alpha value is -0.890. The zero-order valence-electron chi connectivity index (χ0n) is 30.0. The molecule has 17 atom stereocenters. The topological polar surface area (TPSA) is 153 Å². The van der Waals surface area contributed by atoms with E-state index in [1.807, 2.05) is 20.8 Å². The van der Waals surface area contributed by atoms with Crippen molar-refractivity contribution in [3.05, 3.63) is 0 Å². The number of aliphatic hydroxyl groups excluding tert-OH is 2. The van der Waals surface area contributed by atoms with Crippen LogP contribution in [0.4, 0.5) is 0 Å². The highest BCUT2D eigenvalue weighted by Gasteiger charge is 2.62. The van der Waals surface area contributed by atoms with Crippen LogP contribution in [0, 0.1) is 35.5 Å². The lowest BCUT2D eigenvalue weighted by Gasteiger charge is -2.49. The maximum atomic E-state index is 11.8. The molecule has 47 heavy (non-hydrogen) atoms. The van der Waals surface area contributed by atoms with Gasteiger partial charge in [0, 0.05) is 37.7 Å². The summed E-state index contributed by atoms with van der Waals surface area (Å²) in [7, 11) is 1.52. The van der Waals surface area contributed by atoms with Gasteiger partial charge in [-0.25, -0.2) is 0 Å². The van der Waals surface area contributed by atoms with Crippen LogP contribution in [-0.4, -0.2) is 106 Å². The Balaban J connectivity index is 1.29. The van der Waals surface area contributed by atoms with Crippen molar-refractivity contribution in [2.75, 3.05) is 13.7 Å². The first-order valence-corrected chi connectivity index (χ1v) is 18.1. The fraction of sp³-hybridized carbons (Fsp3) is 0.972. The van der Waals surface area contributed by atoms with E-state index in [9.17, 15) is 25.2 Å². The van der Waals surface area contributed by atoms with Crippen LogP contribution in [0.2, 0.25) is 0 Å². The lowest BCUT2D eigenvalue weighted by atomic mass is 9.78. The van der Waals surface area contributed by atoms with Crippen molar-refractivity contribution in [3.63, 3.8) is 0 Å². The lowest BCUT2D eigenvalue weighted by Crippen LogP contribution is -2.57. The van der Waals surface area contributed by atoms with Crippen molar-refractivity contribution in [1.82, 2.24) is 0 Å². The number of rotatable bonds is 10. The highest BCUT2D eigenvalue weighted by molar-refractivity contribution is 5.70. The van der Waals surface area contributed by atoms with Gasteiger partial charge in [0.05, 0.1) is 66.5 Å². The van der Waals surface area contributed by atoms with Crippen molar-refractivity contribution in [2.45, 2.75) is 172 Å². The smallest absolute Gasteiger partial charge is 0.308 e. The molecule has 272 valence electrons. The first kappa shape index (κ1) is 37.4. The van der Waals surface area contributed by atoms with Gasteiger partial charge in [0.1, 0.15) is 0 Å². The molecular formula is C36H62O11. The number of carboxylic acid groups (broad SMARTS) is 1. The average molecular weight is 671 g/mol. The molecule has 11 nitrogen and oxygen atoms in total. The van der Waals surface area contributed by atoms with Gasteiger partial charge in [-0.05, 0) is 64.2 Å². The summed E-state index contributed by atoms with van der Waals surface area (Å²) in [4.78, 5) is 11.8. The van der Waals surface area contributed by atoms with Crippen LogP contribution in [-0.2, 0) is 33.2 Å². The van der Waals surface area contributed by atoms with Crippen molar-refractivity contribution in [1.29, 1.82) is 0 Å². The van der Waals surface area contributed by atoms with E-state index in [4.69, 9.17) is 28.4 Å². The van der Waals surface area contributed by atoms with Gasteiger partial charge in [-0.2, -0.15) is 0 Å². The summed E-state index contributed by atoms with van der Waals surface area (Å²) in [5.74, 6) is -4.52. The summed E-state index contributed by atoms with van der Waals surface area (Å²) >= 11 is 0. The van der Waals surface area contributed by atoms with Crippen molar-refractivity contribution < 1.29 is 53.6 Å². The molecule has 0 unspecified atom stereocenters. The Morgan fingerprint density at radius 2 is 1.72 bits per heavy atom. The predicted molar refractivity (Wildman–Crippen MR) is 172 cm³/mol. The van der Waals surface area contributed by atoms with Gasteiger partial charge >= 0.3 is 5.97 Å². The Morgan fingerprint density at radius 3 is 2.34 bits per heavy atom. The Labute approximate surface area is 281 Å². The van der Waals surface area contributed by atoms with Gasteiger partial charge < -0.3 is 48.8 Å². The van der Waals surface area contributed by atoms with E-state index < -0.39 is 59.6 Å². The molecule has 0 aliphatic carbocycles. The van der Waals surface area contributed by atoms with Gasteiger partial charge in [0.25, 0.3) is 0 Å². The number of hydrogen-bond acceptors (Lipinski definition) is 10. The van der Waals surface area contributed by atoms with E-state index in [1.54, 1.807) is 6.92 Å².